The molecule has 5 nitrogen and oxygen atoms in total. The second-order valence-corrected chi connectivity index (χ2v) is 8.60. The molecule has 0 bridgehead atoms. The molecular weight excluding hydrogens is 438 g/mol. The van der Waals surface area contributed by atoms with Gasteiger partial charge in [-0.2, -0.15) is 0 Å². The van der Waals surface area contributed by atoms with E-state index in [9.17, 15) is 14.7 Å². The van der Waals surface area contributed by atoms with Crippen molar-refractivity contribution in [2.24, 2.45) is 0 Å². The largest absolute Gasteiger partial charge is 0.507 e. The number of ketones is 1. The average Bonchev–Trinajstić information content (AvgIpc) is 3.09. The van der Waals surface area contributed by atoms with Crippen LogP contribution in [0.3, 0.4) is 0 Å². The molecule has 1 atom stereocenters. The van der Waals surface area contributed by atoms with E-state index in [0.29, 0.717) is 27.6 Å². The lowest BCUT2D eigenvalue weighted by atomic mass is 9.93. The van der Waals surface area contributed by atoms with Crippen LogP contribution in [0.5, 0.6) is 5.75 Å². The van der Waals surface area contributed by atoms with Gasteiger partial charge >= 0.3 is 0 Å². The SMILES string of the molecule is COc1ccc(/C(O)=C2/C(=O)C(=O)N(c3ccccc3)C2c2ccc(Cl)cc2)cc1C(C)C. The molecule has 1 fully saturated rings. The topological polar surface area (TPSA) is 66.8 Å². The van der Waals surface area contributed by atoms with Gasteiger partial charge in [-0.05, 0) is 59.5 Å². The number of halogens is 1. The first-order valence-corrected chi connectivity index (χ1v) is 11.0. The molecule has 1 N–H and O–H groups in total. The smallest absolute Gasteiger partial charge is 0.300 e. The number of nitrogens with zero attached hydrogens (tertiary/aromatic N) is 1. The van der Waals surface area contributed by atoms with Crippen LogP contribution in [0.1, 0.15) is 42.5 Å². The molecule has 6 heteroatoms. The molecule has 1 heterocycles. The van der Waals surface area contributed by atoms with E-state index in [0.717, 1.165) is 5.56 Å². The highest BCUT2D eigenvalue weighted by molar-refractivity contribution is 6.51. The predicted octanol–water partition coefficient (Wildman–Crippen LogP) is 6.10. The summed E-state index contributed by atoms with van der Waals surface area (Å²) in [6.45, 7) is 4.04. The first-order valence-electron chi connectivity index (χ1n) is 10.6. The van der Waals surface area contributed by atoms with Crippen molar-refractivity contribution in [3.05, 3.63) is 100 Å². The standard InChI is InChI=1S/C27H24ClNO4/c1-16(2)21-15-18(11-14-22(21)33-3)25(30)23-24(17-9-12-19(28)13-10-17)29(27(32)26(23)31)20-7-5-4-6-8-20/h4-16,24,30H,1-3H3/b25-23-. The van der Waals surface area contributed by atoms with Crippen molar-refractivity contribution < 1.29 is 19.4 Å². The van der Waals surface area contributed by atoms with Gasteiger partial charge in [0, 0.05) is 16.3 Å². The fourth-order valence-corrected chi connectivity index (χ4v) is 4.26. The fourth-order valence-electron chi connectivity index (χ4n) is 4.14. The van der Waals surface area contributed by atoms with Gasteiger partial charge in [-0.15, -0.1) is 0 Å². The zero-order valence-corrected chi connectivity index (χ0v) is 19.3. The summed E-state index contributed by atoms with van der Waals surface area (Å²) in [5, 5.41) is 11.9. The van der Waals surface area contributed by atoms with Crippen LogP contribution in [-0.4, -0.2) is 23.9 Å². The van der Waals surface area contributed by atoms with Gasteiger partial charge < -0.3 is 9.84 Å². The zero-order chi connectivity index (χ0) is 23.7. The van der Waals surface area contributed by atoms with Gasteiger partial charge in [0.15, 0.2) is 0 Å². The Labute approximate surface area is 197 Å². The number of hydrogen-bond acceptors (Lipinski definition) is 4. The van der Waals surface area contributed by atoms with Crippen molar-refractivity contribution in [3.8, 4) is 5.75 Å². The zero-order valence-electron chi connectivity index (χ0n) is 18.6. The monoisotopic (exact) mass is 461 g/mol. The second-order valence-electron chi connectivity index (χ2n) is 8.17. The van der Waals surface area contributed by atoms with E-state index in [4.69, 9.17) is 16.3 Å². The molecule has 1 aliphatic heterocycles. The molecular formula is C27H24ClNO4. The number of aliphatic hydroxyl groups excluding tert-OH is 1. The fraction of sp³-hybridized carbons (Fsp3) is 0.185. The minimum absolute atomic E-state index is 0.0334. The Kier molecular flexibility index (Phi) is 6.25. The first kappa shape index (κ1) is 22.6. The normalized spacial score (nSPS) is 17.6. The van der Waals surface area contributed by atoms with Gasteiger partial charge in [0.05, 0.1) is 18.7 Å². The van der Waals surface area contributed by atoms with Crippen molar-refractivity contribution in [2.75, 3.05) is 12.0 Å². The lowest BCUT2D eigenvalue weighted by Crippen LogP contribution is -2.29. The highest BCUT2D eigenvalue weighted by Crippen LogP contribution is 2.43. The van der Waals surface area contributed by atoms with E-state index < -0.39 is 17.7 Å². The van der Waals surface area contributed by atoms with Crippen LogP contribution in [-0.2, 0) is 9.59 Å². The summed E-state index contributed by atoms with van der Waals surface area (Å²) in [6, 6.07) is 20.3. The van der Waals surface area contributed by atoms with Gasteiger partial charge in [-0.25, -0.2) is 0 Å². The Balaban J connectivity index is 1.94. The van der Waals surface area contributed by atoms with Crippen molar-refractivity contribution in [2.45, 2.75) is 25.8 Å². The van der Waals surface area contributed by atoms with Gasteiger partial charge in [0.25, 0.3) is 11.7 Å². The number of hydrogen-bond donors (Lipinski definition) is 1. The molecule has 33 heavy (non-hydrogen) atoms. The maximum Gasteiger partial charge on any atom is 0.300 e. The van der Waals surface area contributed by atoms with Crippen LogP contribution in [0.4, 0.5) is 5.69 Å². The van der Waals surface area contributed by atoms with Gasteiger partial charge in [0.1, 0.15) is 11.5 Å². The molecule has 4 rings (SSSR count). The first-order chi connectivity index (χ1) is 15.8. The number of ether oxygens (including phenoxy) is 1. The average molecular weight is 462 g/mol. The lowest BCUT2D eigenvalue weighted by molar-refractivity contribution is -0.132. The van der Waals surface area contributed by atoms with E-state index in [2.05, 4.69) is 0 Å². The number of aliphatic hydroxyl groups is 1. The maximum absolute atomic E-state index is 13.2. The number of benzene rings is 3. The number of carbonyl (C=O) groups excluding carboxylic acids is 2. The summed E-state index contributed by atoms with van der Waals surface area (Å²) < 4.78 is 5.44. The number of rotatable bonds is 5. The van der Waals surface area contributed by atoms with Crippen molar-refractivity contribution in [3.63, 3.8) is 0 Å². The number of methoxy groups -OCH3 is 1. The molecule has 0 spiro atoms. The van der Waals surface area contributed by atoms with Gasteiger partial charge in [0.2, 0.25) is 0 Å². The van der Waals surface area contributed by atoms with E-state index in [1.807, 2.05) is 19.9 Å². The van der Waals surface area contributed by atoms with Crippen LogP contribution in [0, 0.1) is 0 Å². The molecule has 1 saturated heterocycles. The second kappa shape index (κ2) is 9.12. The summed E-state index contributed by atoms with van der Waals surface area (Å²) in [5.41, 5.74) is 2.61. The molecule has 0 aliphatic carbocycles. The predicted molar refractivity (Wildman–Crippen MR) is 130 cm³/mol. The number of amides is 1. The lowest BCUT2D eigenvalue weighted by Gasteiger charge is -2.25. The van der Waals surface area contributed by atoms with Crippen LogP contribution >= 0.6 is 11.6 Å². The molecule has 0 aromatic heterocycles. The van der Waals surface area contributed by atoms with Crippen molar-refractivity contribution in [1.29, 1.82) is 0 Å². The Hall–Kier alpha value is -3.57. The number of Topliss-reactive ketones (excluding diaryl/α,β-unsaturated/α-hetero) is 1. The Bertz CT molecular complexity index is 1230. The minimum atomic E-state index is -0.797. The molecule has 3 aromatic rings. The third-order valence-corrected chi connectivity index (χ3v) is 6.04. The summed E-state index contributed by atoms with van der Waals surface area (Å²) >= 11 is 6.08. The van der Waals surface area contributed by atoms with Gasteiger partial charge in [-0.1, -0.05) is 55.8 Å². The minimum Gasteiger partial charge on any atom is -0.507 e. The molecule has 1 unspecified atom stereocenters. The number of carbonyl (C=O) groups is 2. The van der Waals surface area contributed by atoms with E-state index in [-0.39, 0.29) is 17.3 Å². The van der Waals surface area contributed by atoms with Crippen LogP contribution in [0.15, 0.2) is 78.4 Å². The number of para-hydroxylation sites is 1. The van der Waals surface area contributed by atoms with E-state index >= 15 is 0 Å². The third kappa shape index (κ3) is 4.12. The molecule has 1 aliphatic rings. The van der Waals surface area contributed by atoms with E-state index in [1.54, 1.807) is 73.8 Å². The van der Waals surface area contributed by atoms with Crippen molar-refractivity contribution in [1.82, 2.24) is 0 Å². The van der Waals surface area contributed by atoms with E-state index in [1.165, 1.54) is 4.90 Å². The molecule has 1 amide bonds. The third-order valence-electron chi connectivity index (χ3n) is 5.79. The molecule has 168 valence electrons. The summed E-state index contributed by atoms with van der Waals surface area (Å²) in [5.74, 6) is -0.832. The summed E-state index contributed by atoms with van der Waals surface area (Å²) in [4.78, 5) is 27.8. The molecule has 3 aromatic carbocycles. The summed E-state index contributed by atoms with van der Waals surface area (Å²) in [6.07, 6.45) is 0. The number of anilines is 1. The van der Waals surface area contributed by atoms with Gasteiger partial charge in [-0.3, -0.25) is 14.5 Å². The maximum atomic E-state index is 13.2. The Morgan fingerprint density at radius 3 is 2.27 bits per heavy atom. The summed E-state index contributed by atoms with van der Waals surface area (Å²) in [7, 11) is 1.59. The van der Waals surface area contributed by atoms with Crippen LogP contribution < -0.4 is 9.64 Å². The highest BCUT2D eigenvalue weighted by Gasteiger charge is 2.46. The van der Waals surface area contributed by atoms with Crippen LogP contribution in [0.2, 0.25) is 5.02 Å². The Morgan fingerprint density at radius 1 is 1.00 bits per heavy atom. The molecule has 0 saturated carbocycles. The Morgan fingerprint density at radius 2 is 1.67 bits per heavy atom. The highest BCUT2D eigenvalue weighted by atomic mass is 35.5. The quantitative estimate of drug-likeness (QED) is 0.283. The van der Waals surface area contributed by atoms with Crippen molar-refractivity contribution >= 4 is 34.7 Å². The van der Waals surface area contributed by atoms with Crippen LogP contribution in [0.25, 0.3) is 5.76 Å². The molecule has 0 radical (unpaired) electrons.